The van der Waals surface area contributed by atoms with E-state index >= 15 is 0 Å². The van der Waals surface area contributed by atoms with Gasteiger partial charge in [0.15, 0.2) is 0 Å². The van der Waals surface area contributed by atoms with Gasteiger partial charge in [-0.05, 0) is 81.1 Å². The van der Waals surface area contributed by atoms with Gasteiger partial charge in [-0.25, -0.2) is 14.2 Å². The molecule has 0 unspecified atom stereocenters. The third-order valence-corrected chi connectivity index (χ3v) is 7.23. The Kier molecular flexibility index (Phi) is 8.21. The molecule has 1 aromatic heterocycles. The van der Waals surface area contributed by atoms with E-state index in [0.29, 0.717) is 19.3 Å². The number of piperidine rings is 1. The predicted octanol–water partition coefficient (Wildman–Crippen LogP) is 6.84. The topological polar surface area (TPSA) is 86.0 Å². The van der Waals surface area contributed by atoms with Crippen molar-refractivity contribution in [1.82, 2.24) is 14.5 Å². The van der Waals surface area contributed by atoms with Gasteiger partial charge >= 0.3 is 6.16 Å². The van der Waals surface area contributed by atoms with Gasteiger partial charge in [-0.2, -0.15) is 0 Å². The largest absolute Gasteiger partial charge is 0.511 e. The van der Waals surface area contributed by atoms with E-state index in [1.165, 1.54) is 12.1 Å². The maximum Gasteiger partial charge on any atom is 0.511 e. The van der Waals surface area contributed by atoms with Crippen LogP contribution < -0.4 is 14.2 Å². The van der Waals surface area contributed by atoms with E-state index in [1.54, 1.807) is 24.3 Å². The highest BCUT2D eigenvalue weighted by Crippen LogP contribution is 2.41. The monoisotopic (exact) mass is 547 g/mol. The highest BCUT2D eigenvalue weighted by atomic mass is 19.1. The molecule has 3 aromatic carbocycles. The first-order valence-electron chi connectivity index (χ1n) is 13.7. The molecule has 1 saturated heterocycles. The van der Waals surface area contributed by atoms with Crippen LogP contribution in [0.25, 0.3) is 22.2 Å². The quantitative estimate of drug-likeness (QED) is 0.181. The van der Waals surface area contributed by atoms with Crippen LogP contribution in [0.3, 0.4) is 0 Å². The molecule has 2 heterocycles. The molecule has 210 valence electrons. The molecule has 0 radical (unpaired) electrons. The zero-order valence-electron chi connectivity index (χ0n) is 23.0. The van der Waals surface area contributed by atoms with E-state index in [1.807, 2.05) is 26.8 Å². The third-order valence-electron chi connectivity index (χ3n) is 7.23. The van der Waals surface area contributed by atoms with Crippen LogP contribution in [0.5, 0.6) is 17.2 Å². The summed E-state index contributed by atoms with van der Waals surface area (Å²) in [7, 11) is 0. The van der Waals surface area contributed by atoms with Gasteiger partial charge in [0, 0.05) is 31.7 Å². The average molecular weight is 548 g/mol. The molecule has 1 N–H and O–H groups in total. The van der Waals surface area contributed by atoms with E-state index in [-0.39, 0.29) is 11.6 Å². The number of hydrogen-bond acceptors (Lipinski definition) is 6. The van der Waals surface area contributed by atoms with Crippen LogP contribution in [0.15, 0.2) is 54.6 Å². The summed E-state index contributed by atoms with van der Waals surface area (Å²) >= 11 is 0. The second-order valence-corrected chi connectivity index (χ2v) is 9.89. The lowest BCUT2D eigenvalue weighted by Gasteiger charge is -2.33. The molecule has 0 saturated carbocycles. The molecular weight excluding hydrogens is 513 g/mol. The van der Waals surface area contributed by atoms with Gasteiger partial charge in [0.25, 0.3) is 0 Å². The number of rotatable bonds is 9. The molecule has 9 heteroatoms. The molecule has 1 aliphatic heterocycles. The first kappa shape index (κ1) is 27.5. The highest BCUT2D eigenvalue weighted by molar-refractivity contribution is 5.79. The van der Waals surface area contributed by atoms with Crippen molar-refractivity contribution in [3.05, 3.63) is 71.8 Å². The van der Waals surface area contributed by atoms with Crippen LogP contribution in [0.4, 0.5) is 9.18 Å². The van der Waals surface area contributed by atoms with E-state index < -0.39 is 6.16 Å². The minimum atomic E-state index is -1.34. The van der Waals surface area contributed by atoms with E-state index in [9.17, 15) is 9.18 Å². The van der Waals surface area contributed by atoms with Gasteiger partial charge in [-0.3, -0.25) is 4.90 Å². The number of halogens is 1. The minimum absolute atomic E-state index is 0.266. The number of fused-ring (bicyclic) bond motifs is 1. The minimum Gasteiger partial charge on any atom is -0.493 e. The van der Waals surface area contributed by atoms with Crippen molar-refractivity contribution in [2.45, 2.75) is 46.2 Å². The number of ether oxygens (including phenoxy) is 3. The van der Waals surface area contributed by atoms with E-state index in [2.05, 4.69) is 26.6 Å². The number of carbonyl (C=O) groups is 1. The normalized spacial score (nSPS) is 14.4. The molecule has 0 bridgehead atoms. The lowest BCUT2D eigenvalue weighted by Crippen LogP contribution is -2.34. The van der Waals surface area contributed by atoms with Crippen molar-refractivity contribution in [3.8, 4) is 28.4 Å². The number of likely N-dealkylation sites (tertiary alicyclic amines) is 1. The SMILES string of the molecule is CCOc1cc(CN2CCC(n3c(C)nc4cc(OC(=O)O)ccc43)CC2)cc(OCC)c1-c1ccc(F)cc1. The number of aryl methyl sites for hydroxylation is 1. The zero-order chi connectivity index (χ0) is 28.2. The summed E-state index contributed by atoms with van der Waals surface area (Å²) in [5.74, 6) is 2.35. The molecule has 1 fully saturated rings. The van der Waals surface area contributed by atoms with E-state index in [4.69, 9.17) is 19.3 Å². The van der Waals surface area contributed by atoms with Crippen molar-refractivity contribution >= 4 is 17.2 Å². The number of imidazole rings is 1. The van der Waals surface area contributed by atoms with Crippen LogP contribution in [-0.2, 0) is 6.54 Å². The summed E-state index contributed by atoms with van der Waals surface area (Å²) in [6.07, 6.45) is 0.586. The fourth-order valence-electron chi connectivity index (χ4n) is 5.59. The fourth-order valence-corrected chi connectivity index (χ4v) is 5.59. The van der Waals surface area contributed by atoms with Crippen LogP contribution in [0.2, 0.25) is 0 Å². The standard InChI is InChI=1S/C31H34FN3O5/c1-4-38-28-16-21(17-29(39-5-2)30(28)22-6-8-23(32)9-7-22)19-34-14-12-24(13-15-34)35-20(3)33-26-18-25(40-31(36)37)10-11-27(26)35/h6-11,16-18,24H,4-5,12-15,19H2,1-3H3,(H,36,37). The second kappa shape index (κ2) is 12.0. The lowest BCUT2D eigenvalue weighted by atomic mass is 9.99. The van der Waals surface area contributed by atoms with Gasteiger partial charge < -0.3 is 23.9 Å². The molecule has 0 spiro atoms. The number of aromatic nitrogens is 2. The second-order valence-electron chi connectivity index (χ2n) is 9.89. The molecule has 5 rings (SSSR count). The predicted molar refractivity (Wildman–Crippen MR) is 151 cm³/mol. The van der Waals surface area contributed by atoms with Gasteiger partial charge in [0.2, 0.25) is 0 Å². The summed E-state index contributed by atoms with van der Waals surface area (Å²) in [6.45, 7) is 9.50. The lowest BCUT2D eigenvalue weighted by molar-refractivity contribution is 0.144. The molecule has 4 aromatic rings. The van der Waals surface area contributed by atoms with Crippen LogP contribution in [-0.4, -0.2) is 52.0 Å². The number of hydrogen-bond donors (Lipinski definition) is 1. The van der Waals surface area contributed by atoms with Crippen LogP contribution >= 0.6 is 0 Å². The number of nitrogens with zero attached hydrogens (tertiary/aromatic N) is 3. The fraction of sp³-hybridized carbons (Fsp3) is 0.355. The molecule has 0 aliphatic carbocycles. The maximum atomic E-state index is 13.6. The van der Waals surface area contributed by atoms with E-state index in [0.717, 1.165) is 77.5 Å². The van der Waals surface area contributed by atoms with Gasteiger partial charge in [-0.15, -0.1) is 0 Å². The molecule has 8 nitrogen and oxygen atoms in total. The summed E-state index contributed by atoms with van der Waals surface area (Å²) in [4.78, 5) is 18.0. The number of carboxylic acid groups (broad SMARTS) is 1. The van der Waals surface area contributed by atoms with Crippen LogP contribution in [0, 0.1) is 12.7 Å². The van der Waals surface area contributed by atoms with Gasteiger partial charge in [-0.1, -0.05) is 12.1 Å². The van der Waals surface area contributed by atoms with Crippen molar-refractivity contribution in [2.24, 2.45) is 0 Å². The van der Waals surface area contributed by atoms with Crippen molar-refractivity contribution in [3.63, 3.8) is 0 Å². The summed E-state index contributed by atoms with van der Waals surface area (Å²) in [5, 5.41) is 8.91. The summed E-state index contributed by atoms with van der Waals surface area (Å²) in [5.41, 5.74) is 4.50. The molecule has 0 atom stereocenters. The van der Waals surface area contributed by atoms with Crippen molar-refractivity contribution in [1.29, 1.82) is 0 Å². The maximum absolute atomic E-state index is 13.6. The van der Waals surface area contributed by atoms with Crippen LogP contribution in [0.1, 0.15) is 44.1 Å². The Balaban J connectivity index is 1.33. The first-order valence-corrected chi connectivity index (χ1v) is 13.7. The Morgan fingerprint density at radius 3 is 2.25 bits per heavy atom. The van der Waals surface area contributed by atoms with Gasteiger partial charge in [0.05, 0.1) is 29.8 Å². The van der Waals surface area contributed by atoms with Crippen molar-refractivity contribution in [2.75, 3.05) is 26.3 Å². The molecule has 40 heavy (non-hydrogen) atoms. The summed E-state index contributed by atoms with van der Waals surface area (Å²) < 4.78 is 32.7. The third kappa shape index (κ3) is 5.89. The number of benzene rings is 3. The molecular formula is C31H34FN3O5. The highest BCUT2D eigenvalue weighted by Gasteiger charge is 2.25. The Morgan fingerprint density at radius 1 is 1.00 bits per heavy atom. The molecule has 0 amide bonds. The summed E-state index contributed by atoms with van der Waals surface area (Å²) in [6, 6.07) is 16.1. The Labute approximate surface area is 232 Å². The van der Waals surface area contributed by atoms with Gasteiger partial charge in [0.1, 0.15) is 28.9 Å². The smallest absolute Gasteiger partial charge is 0.493 e. The Bertz CT molecular complexity index is 1470. The Hall–Kier alpha value is -4.11. The molecule has 1 aliphatic rings. The zero-order valence-corrected chi connectivity index (χ0v) is 23.0. The average Bonchev–Trinajstić information content (AvgIpc) is 3.25. The van der Waals surface area contributed by atoms with Crippen molar-refractivity contribution < 1.29 is 28.5 Å². The first-order chi connectivity index (χ1) is 19.4. The Morgan fingerprint density at radius 2 is 1.65 bits per heavy atom.